The number of aromatic nitrogens is 3. The summed E-state index contributed by atoms with van der Waals surface area (Å²) in [5.41, 5.74) is -1.99. The Kier molecular flexibility index (Phi) is 15.5. The predicted octanol–water partition coefficient (Wildman–Crippen LogP) is 0.853. The zero-order chi connectivity index (χ0) is 29.7. The summed E-state index contributed by atoms with van der Waals surface area (Å²) in [6.45, 7) is 2.25. The van der Waals surface area contributed by atoms with Crippen molar-refractivity contribution in [3.63, 3.8) is 0 Å². The van der Waals surface area contributed by atoms with Gasteiger partial charge >= 0.3 is 43.2 Å². The van der Waals surface area contributed by atoms with Crippen molar-refractivity contribution in [1.29, 1.82) is 0 Å². The van der Waals surface area contributed by atoms with Gasteiger partial charge < -0.3 is 35.4 Å². The molecule has 1 heterocycles. The van der Waals surface area contributed by atoms with Gasteiger partial charge in [0.25, 0.3) is 0 Å². The Morgan fingerprint density at radius 3 is 1.00 bits per heavy atom. The van der Waals surface area contributed by atoms with Crippen LogP contribution in [0.3, 0.4) is 0 Å². The quantitative estimate of drug-likeness (QED) is 0.182. The SMILES string of the molecule is CC[Si](CCCn1c(=O)n(CCC[Si](OC)(OC)OC)c(=O)n(CCC[Si](OC)(OC)OC)c1=O)(OC)OC. The van der Waals surface area contributed by atoms with Crippen LogP contribution >= 0.6 is 0 Å². The first-order chi connectivity index (χ1) is 18.6. The van der Waals surface area contributed by atoms with Gasteiger partial charge in [0.05, 0.1) is 0 Å². The summed E-state index contributed by atoms with van der Waals surface area (Å²) in [5.74, 6) is 0. The van der Waals surface area contributed by atoms with Crippen LogP contribution < -0.4 is 17.1 Å². The average Bonchev–Trinajstić information content (AvgIpc) is 2.97. The van der Waals surface area contributed by atoms with Gasteiger partial charge in [-0.3, -0.25) is 0 Å². The van der Waals surface area contributed by atoms with Crippen LogP contribution in [0.2, 0.25) is 24.2 Å². The summed E-state index contributed by atoms with van der Waals surface area (Å²) in [6.07, 6.45) is 1.23. The largest absolute Gasteiger partial charge is 0.500 e. The number of hydrogen-bond acceptors (Lipinski definition) is 11. The highest BCUT2D eigenvalue weighted by atomic mass is 28.4. The number of rotatable bonds is 21. The standard InChI is InChI=1S/C22H47N3O11Si3/c1-10-37(29-2,30-3)17-11-14-23-20(26)24(15-12-18-38(31-4,32-5)33-6)22(28)25(21(23)27)16-13-19-39(34-7,35-8)36-9/h10-19H2,1-9H3. The van der Waals surface area contributed by atoms with E-state index in [1.54, 1.807) is 14.2 Å². The fraction of sp³-hybridized carbons (Fsp3) is 0.864. The Bertz CT molecular complexity index is 851. The van der Waals surface area contributed by atoms with Crippen molar-refractivity contribution in [3.05, 3.63) is 31.5 Å². The van der Waals surface area contributed by atoms with E-state index in [1.807, 2.05) is 6.92 Å². The monoisotopic (exact) mass is 613 g/mol. The Hall–Kier alpha value is -1.26. The summed E-state index contributed by atoms with van der Waals surface area (Å²) in [5, 5.41) is 0. The molecule has 228 valence electrons. The van der Waals surface area contributed by atoms with Crippen molar-refractivity contribution in [3.8, 4) is 0 Å². The second-order valence-electron chi connectivity index (χ2n) is 8.88. The maximum absolute atomic E-state index is 13.4. The van der Waals surface area contributed by atoms with E-state index in [0.29, 0.717) is 37.4 Å². The molecule has 39 heavy (non-hydrogen) atoms. The molecular weight excluding hydrogens is 567 g/mol. The van der Waals surface area contributed by atoms with E-state index in [4.69, 9.17) is 35.4 Å². The molecule has 0 aromatic carbocycles. The van der Waals surface area contributed by atoms with Crippen molar-refractivity contribution in [1.82, 2.24) is 13.7 Å². The Balaban J connectivity index is 3.37. The lowest BCUT2D eigenvalue weighted by Gasteiger charge is -2.26. The third kappa shape index (κ3) is 8.86. The third-order valence-electron chi connectivity index (χ3n) is 7.20. The lowest BCUT2D eigenvalue weighted by Crippen LogP contribution is -2.55. The van der Waals surface area contributed by atoms with Gasteiger partial charge in [-0.2, -0.15) is 0 Å². The van der Waals surface area contributed by atoms with Crippen molar-refractivity contribution in [2.24, 2.45) is 0 Å². The molecule has 1 aromatic rings. The minimum atomic E-state index is -2.91. The molecule has 0 saturated carbocycles. The molecular formula is C22H47N3O11Si3. The molecule has 17 heteroatoms. The number of hydrogen-bond donors (Lipinski definition) is 0. The normalized spacial score (nSPS) is 12.8. The van der Waals surface area contributed by atoms with E-state index in [1.165, 1.54) is 42.7 Å². The van der Waals surface area contributed by atoms with Gasteiger partial charge in [-0.15, -0.1) is 0 Å². The van der Waals surface area contributed by atoms with Gasteiger partial charge in [0.2, 0.25) is 0 Å². The predicted molar refractivity (Wildman–Crippen MR) is 151 cm³/mol. The lowest BCUT2D eigenvalue weighted by atomic mass is 10.4. The first-order valence-electron chi connectivity index (χ1n) is 12.9. The topological polar surface area (TPSA) is 140 Å². The van der Waals surface area contributed by atoms with Crippen LogP contribution in [0.5, 0.6) is 0 Å². The zero-order valence-electron chi connectivity index (χ0n) is 24.9. The van der Waals surface area contributed by atoms with Crippen LogP contribution in [0.15, 0.2) is 14.4 Å². The average molecular weight is 614 g/mol. The minimum absolute atomic E-state index is 0.0689. The molecule has 0 aliphatic carbocycles. The van der Waals surface area contributed by atoms with E-state index in [9.17, 15) is 14.4 Å². The molecule has 1 aromatic heterocycles. The van der Waals surface area contributed by atoms with Crippen molar-refractivity contribution in [2.75, 3.05) is 56.9 Å². The Morgan fingerprint density at radius 1 is 0.487 bits per heavy atom. The van der Waals surface area contributed by atoms with Gasteiger partial charge in [0.15, 0.2) is 0 Å². The fourth-order valence-corrected chi connectivity index (χ4v) is 10.1. The van der Waals surface area contributed by atoms with Gasteiger partial charge in [-0.1, -0.05) is 6.92 Å². The molecule has 0 aliphatic rings. The van der Waals surface area contributed by atoms with Gasteiger partial charge in [0.1, 0.15) is 0 Å². The number of nitrogens with zero attached hydrogens (tertiary/aromatic N) is 3. The maximum Gasteiger partial charge on any atom is 0.500 e. The molecule has 14 nitrogen and oxygen atoms in total. The van der Waals surface area contributed by atoms with Crippen molar-refractivity contribution >= 4 is 26.2 Å². The second-order valence-corrected chi connectivity index (χ2v) is 18.9. The van der Waals surface area contributed by atoms with Crippen LogP contribution in [0.25, 0.3) is 0 Å². The molecule has 0 fully saturated rings. The van der Waals surface area contributed by atoms with Gasteiger partial charge in [0, 0.05) is 88.6 Å². The summed E-state index contributed by atoms with van der Waals surface area (Å²) >= 11 is 0. The van der Waals surface area contributed by atoms with E-state index in [2.05, 4.69) is 0 Å². The molecule has 0 atom stereocenters. The molecule has 0 amide bonds. The highest BCUT2D eigenvalue weighted by Crippen LogP contribution is 2.19. The molecule has 1 rings (SSSR count). The molecule has 0 radical (unpaired) electrons. The highest BCUT2D eigenvalue weighted by molar-refractivity contribution is 6.67. The summed E-state index contributed by atoms with van der Waals surface area (Å²) in [4.78, 5) is 40.2. The minimum Gasteiger partial charge on any atom is -0.398 e. The van der Waals surface area contributed by atoms with Crippen LogP contribution in [0, 0.1) is 0 Å². The van der Waals surface area contributed by atoms with E-state index >= 15 is 0 Å². The van der Waals surface area contributed by atoms with E-state index < -0.39 is 43.2 Å². The Labute approximate surface area is 233 Å². The molecule has 0 spiro atoms. The summed E-state index contributed by atoms with van der Waals surface area (Å²) < 4.78 is 47.3. The van der Waals surface area contributed by atoms with Crippen molar-refractivity contribution in [2.45, 2.75) is 70.0 Å². The summed E-state index contributed by atoms with van der Waals surface area (Å²) in [6, 6.07) is 2.09. The lowest BCUT2D eigenvalue weighted by molar-refractivity contribution is 0.122. The van der Waals surface area contributed by atoms with Crippen molar-refractivity contribution < 1.29 is 35.4 Å². The molecule has 0 N–H and O–H groups in total. The van der Waals surface area contributed by atoms with Crippen LogP contribution in [0.4, 0.5) is 0 Å². The van der Waals surface area contributed by atoms with Gasteiger partial charge in [-0.25, -0.2) is 28.1 Å². The van der Waals surface area contributed by atoms with E-state index in [-0.39, 0.29) is 19.6 Å². The fourth-order valence-electron chi connectivity index (χ4n) is 4.54. The smallest absolute Gasteiger partial charge is 0.398 e. The third-order valence-corrected chi connectivity index (χ3v) is 16.5. The summed E-state index contributed by atoms with van der Waals surface area (Å²) in [7, 11) is 4.01. The molecule has 0 unspecified atom stereocenters. The highest BCUT2D eigenvalue weighted by Gasteiger charge is 2.38. The van der Waals surface area contributed by atoms with E-state index in [0.717, 1.165) is 19.7 Å². The van der Waals surface area contributed by atoms with Crippen LogP contribution in [-0.4, -0.2) is 96.7 Å². The molecule has 0 saturated heterocycles. The zero-order valence-corrected chi connectivity index (χ0v) is 27.9. The second kappa shape index (κ2) is 16.9. The van der Waals surface area contributed by atoms with Crippen LogP contribution in [-0.2, 0) is 55.0 Å². The first-order valence-corrected chi connectivity index (χ1v) is 19.0. The molecule has 0 aliphatic heterocycles. The Morgan fingerprint density at radius 2 is 0.769 bits per heavy atom. The van der Waals surface area contributed by atoms with Gasteiger partial charge in [-0.05, 0) is 31.4 Å². The first kappa shape index (κ1) is 35.8. The molecule has 0 bridgehead atoms. The maximum atomic E-state index is 13.4. The van der Waals surface area contributed by atoms with Crippen LogP contribution in [0.1, 0.15) is 26.2 Å².